The summed E-state index contributed by atoms with van der Waals surface area (Å²) in [5, 5.41) is 4.30. The van der Waals surface area contributed by atoms with Gasteiger partial charge in [0.1, 0.15) is 0 Å². The molecule has 0 radical (unpaired) electrons. The Morgan fingerprint density at radius 1 is 1.24 bits per heavy atom. The average Bonchev–Trinajstić information content (AvgIpc) is 2.93. The van der Waals surface area contributed by atoms with Crippen LogP contribution in [0.15, 0.2) is 36.7 Å². The lowest BCUT2D eigenvalue weighted by molar-refractivity contribution is 0.0724. The number of likely N-dealkylation sites (tertiary alicyclic amines) is 1. The Hall–Kier alpha value is -2.10. The Labute approximate surface area is 125 Å². The zero-order chi connectivity index (χ0) is 14.7. The van der Waals surface area contributed by atoms with Gasteiger partial charge in [-0.3, -0.25) is 9.48 Å². The summed E-state index contributed by atoms with van der Waals surface area (Å²) in [4.78, 5) is 14.5. The maximum absolute atomic E-state index is 12.5. The second kappa shape index (κ2) is 6.12. The molecule has 4 nitrogen and oxygen atoms in total. The van der Waals surface area contributed by atoms with Gasteiger partial charge in [-0.2, -0.15) is 5.10 Å². The van der Waals surface area contributed by atoms with Gasteiger partial charge in [0.25, 0.3) is 5.91 Å². The lowest BCUT2D eigenvalue weighted by atomic mass is 10.1. The lowest BCUT2D eigenvalue weighted by Gasteiger charge is -2.26. The Morgan fingerprint density at radius 2 is 2.05 bits per heavy atom. The van der Waals surface area contributed by atoms with E-state index in [2.05, 4.69) is 5.10 Å². The van der Waals surface area contributed by atoms with Crippen molar-refractivity contribution in [1.82, 2.24) is 14.7 Å². The van der Waals surface area contributed by atoms with Gasteiger partial charge in [0.05, 0.1) is 12.7 Å². The number of hydrogen-bond donors (Lipinski definition) is 0. The first-order chi connectivity index (χ1) is 10.2. The highest BCUT2D eigenvalue weighted by Gasteiger charge is 2.18. The van der Waals surface area contributed by atoms with E-state index >= 15 is 0 Å². The third-order valence-electron chi connectivity index (χ3n) is 3.92. The lowest BCUT2D eigenvalue weighted by Crippen LogP contribution is -2.35. The molecule has 0 saturated carbocycles. The SMILES string of the molecule is Cc1cnn(Cc2cccc(C(=O)N3CCCCC3)c2)c1. The van der Waals surface area contributed by atoms with Crippen LogP contribution >= 0.6 is 0 Å². The fourth-order valence-corrected chi connectivity index (χ4v) is 2.82. The van der Waals surface area contributed by atoms with Gasteiger partial charge in [0.2, 0.25) is 0 Å². The van der Waals surface area contributed by atoms with E-state index < -0.39 is 0 Å². The van der Waals surface area contributed by atoms with E-state index in [-0.39, 0.29) is 5.91 Å². The van der Waals surface area contributed by atoms with Crippen molar-refractivity contribution in [3.05, 3.63) is 53.3 Å². The molecule has 1 aliphatic rings. The number of hydrogen-bond acceptors (Lipinski definition) is 2. The second-order valence-corrected chi connectivity index (χ2v) is 5.77. The van der Waals surface area contributed by atoms with E-state index in [9.17, 15) is 4.79 Å². The van der Waals surface area contributed by atoms with Crippen molar-refractivity contribution in [3.63, 3.8) is 0 Å². The van der Waals surface area contributed by atoms with Gasteiger partial charge in [-0.05, 0) is 49.4 Å². The zero-order valence-corrected chi connectivity index (χ0v) is 12.5. The van der Waals surface area contributed by atoms with Crippen LogP contribution in [0.3, 0.4) is 0 Å². The fourth-order valence-electron chi connectivity index (χ4n) is 2.82. The third kappa shape index (κ3) is 3.32. The quantitative estimate of drug-likeness (QED) is 0.868. The van der Waals surface area contributed by atoms with Crippen LogP contribution in [0, 0.1) is 6.92 Å². The standard InChI is InChI=1S/C17H21N3O/c1-14-11-18-20(12-14)13-15-6-5-7-16(10-15)17(21)19-8-3-2-4-9-19/h5-7,10-12H,2-4,8-9,13H2,1H3. The summed E-state index contributed by atoms with van der Waals surface area (Å²) in [6.45, 7) is 4.51. The van der Waals surface area contributed by atoms with Gasteiger partial charge in [0.15, 0.2) is 0 Å². The second-order valence-electron chi connectivity index (χ2n) is 5.77. The van der Waals surface area contributed by atoms with Crippen molar-refractivity contribution in [3.8, 4) is 0 Å². The molecular weight excluding hydrogens is 262 g/mol. The molecule has 3 rings (SSSR count). The molecule has 1 aromatic carbocycles. The maximum atomic E-state index is 12.5. The van der Waals surface area contributed by atoms with E-state index in [0.29, 0.717) is 6.54 Å². The maximum Gasteiger partial charge on any atom is 0.253 e. The summed E-state index contributed by atoms with van der Waals surface area (Å²) in [6.07, 6.45) is 7.35. The highest BCUT2D eigenvalue weighted by molar-refractivity contribution is 5.94. The number of carbonyl (C=O) groups is 1. The van der Waals surface area contributed by atoms with Crippen molar-refractivity contribution in [2.45, 2.75) is 32.7 Å². The average molecular weight is 283 g/mol. The molecule has 1 aromatic heterocycles. The number of aryl methyl sites for hydroxylation is 1. The highest BCUT2D eigenvalue weighted by atomic mass is 16.2. The van der Waals surface area contributed by atoms with Crippen LogP contribution in [0.25, 0.3) is 0 Å². The first kappa shape index (κ1) is 13.9. The predicted molar refractivity (Wildman–Crippen MR) is 82.3 cm³/mol. The molecule has 0 N–H and O–H groups in total. The minimum absolute atomic E-state index is 0.160. The summed E-state index contributed by atoms with van der Waals surface area (Å²) in [5.74, 6) is 0.160. The molecule has 21 heavy (non-hydrogen) atoms. The number of aromatic nitrogens is 2. The highest BCUT2D eigenvalue weighted by Crippen LogP contribution is 2.15. The van der Waals surface area contributed by atoms with Crippen LogP contribution in [0.1, 0.15) is 40.7 Å². The smallest absolute Gasteiger partial charge is 0.253 e. The van der Waals surface area contributed by atoms with Gasteiger partial charge in [-0.25, -0.2) is 0 Å². The molecule has 110 valence electrons. The number of amides is 1. The molecule has 0 unspecified atom stereocenters. The molecule has 1 amide bonds. The largest absolute Gasteiger partial charge is 0.339 e. The van der Waals surface area contributed by atoms with E-state index in [1.165, 1.54) is 6.42 Å². The number of carbonyl (C=O) groups excluding carboxylic acids is 1. The van der Waals surface area contributed by atoms with Crippen LogP contribution in [-0.4, -0.2) is 33.7 Å². The first-order valence-electron chi connectivity index (χ1n) is 7.60. The number of nitrogens with zero attached hydrogens (tertiary/aromatic N) is 3. The van der Waals surface area contributed by atoms with Gasteiger partial charge < -0.3 is 4.90 Å². The molecule has 1 aliphatic heterocycles. The number of benzene rings is 1. The van der Waals surface area contributed by atoms with Crippen molar-refractivity contribution in [2.75, 3.05) is 13.1 Å². The summed E-state index contributed by atoms with van der Waals surface area (Å²) in [5.41, 5.74) is 3.05. The van der Waals surface area contributed by atoms with Gasteiger partial charge in [-0.1, -0.05) is 12.1 Å². The number of piperidine rings is 1. The van der Waals surface area contributed by atoms with Gasteiger partial charge in [0, 0.05) is 24.8 Å². The zero-order valence-electron chi connectivity index (χ0n) is 12.5. The minimum atomic E-state index is 0.160. The molecule has 1 saturated heterocycles. The van der Waals surface area contributed by atoms with Gasteiger partial charge >= 0.3 is 0 Å². The first-order valence-corrected chi connectivity index (χ1v) is 7.60. The Balaban J connectivity index is 1.74. The van der Waals surface area contributed by atoms with E-state index in [4.69, 9.17) is 0 Å². The minimum Gasteiger partial charge on any atom is -0.339 e. The van der Waals surface area contributed by atoms with E-state index in [0.717, 1.165) is 42.6 Å². The third-order valence-corrected chi connectivity index (χ3v) is 3.92. The normalized spacial score (nSPS) is 15.2. The Morgan fingerprint density at radius 3 is 2.76 bits per heavy atom. The summed E-state index contributed by atoms with van der Waals surface area (Å²) in [7, 11) is 0. The van der Waals surface area contributed by atoms with E-state index in [1.807, 2.05) is 53.2 Å². The molecule has 1 fully saturated rings. The molecule has 0 spiro atoms. The fraction of sp³-hybridized carbons (Fsp3) is 0.412. The van der Waals surface area contributed by atoms with Crippen molar-refractivity contribution in [2.24, 2.45) is 0 Å². The monoisotopic (exact) mass is 283 g/mol. The van der Waals surface area contributed by atoms with E-state index in [1.54, 1.807) is 0 Å². The number of rotatable bonds is 3. The molecule has 0 bridgehead atoms. The summed E-state index contributed by atoms with van der Waals surface area (Å²) >= 11 is 0. The van der Waals surface area contributed by atoms with Crippen molar-refractivity contribution >= 4 is 5.91 Å². The predicted octanol–water partition coefficient (Wildman–Crippen LogP) is 2.87. The topological polar surface area (TPSA) is 38.1 Å². The molecule has 2 aromatic rings. The van der Waals surface area contributed by atoms with Crippen LogP contribution in [0.5, 0.6) is 0 Å². The molecular formula is C17H21N3O. The van der Waals surface area contributed by atoms with Crippen LogP contribution in [0.2, 0.25) is 0 Å². The molecule has 4 heteroatoms. The van der Waals surface area contributed by atoms with Gasteiger partial charge in [-0.15, -0.1) is 0 Å². The molecule has 0 aliphatic carbocycles. The summed E-state index contributed by atoms with van der Waals surface area (Å²) < 4.78 is 1.90. The summed E-state index contributed by atoms with van der Waals surface area (Å²) in [6, 6.07) is 7.91. The van der Waals surface area contributed by atoms with Crippen LogP contribution < -0.4 is 0 Å². The molecule has 0 atom stereocenters. The Kier molecular flexibility index (Phi) is 4.04. The Bertz CT molecular complexity index is 626. The molecule has 2 heterocycles. The van der Waals surface area contributed by atoms with Crippen molar-refractivity contribution < 1.29 is 4.79 Å². The van der Waals surface area contributed by atoms with Crippen molar-refractivity contribution in [1.29, 1.82) is 0 Å². The van der Waals surface area contributed by atoms with Crippen LogP contribution in [0.4, 0.5) is 0 Å². The van der Waals surface area contributed by atoms with Crippen LogP contribution in [-0.2, 0) is 6.54 Å².